The van der Waals surface area contributed by atoms with Crippen LogP contribution in [0.5, 0.6) is 0 Å². The lowest BCUT2D eigenvalue weighted by Gasteiger charge is -2.42. The van der Waals surface area contributed by atoms with Crippen molar-refractivity contribution < 1.29 is 26.4 Å². The van der Waals surface area contributed by atoms with Gasteiger partial charge in [0.05, 0.1) is 6.26 Å². The molecule has 15 heteroatoms. The molecule has 0 spiro atoms. The van der Waals surface area contributed by atoms with Gasteiger partial charge in [0.15, 0.2) is 0 Å². The summed E-state index contributed by atoms with van der Waals surface area (Å²) >= 11 is 0. The van der Waals surface area contributed by atoms with Crippen molar-refractivity contribution in [2.45, 2.75) is 18.8 Å². The number of hydrogen-bond acceptors (Lipinski definition) is 9. The number of halogens is 3. The Morgan fingerprint density at radius 1 is 1.10 bits per heavy atom. The third-order valence-electron chi connectivity index (χ3n) is 6.47. The van der Waals surface area contributed by atoms with Crippen LogP contribution in [-0.2, 0) is 22.7 Å². The molecule has 1 amide bonds. The molecule has 2 aromatic heterocycles. The van der Waals surface area contributed by atoms with E-state index in [0.717, 1.165) is 10.6 Å². The molecule has 40 heavy (non-hydrogen) atoms. The number of nitrogens with zero attached hydrogens (tertiary/aromatic N) is 6. The van der Waals surface area contributed by atoms with Crippen molar-refractivity contribution in [1.82, 2.24) is 24.8 Å². The number of likely N-dealkylation sites (N-methyl/N-ethyl adjacent to an activating group) is 1. The maximum absolute atomic E-state index is 13.7. The van der Waals surface area contributed by atoms with Crippen LogP contribution in [-0.4, -0.2) is 85.6 Å². The molecule has 1 aromatic carbocycles. The number of pyridine rings is 1. The van der Waals surface area contributed by atoms with Gasteiger partial charge in [0.2, 0.25) is 16.0 Å². The summed E-state index contributed by atoms with van der Waals surface area (Å²) in [5, 5.41) is 5.50. The second-order valence-electron chi connectivity index (χ2n) is 9.55. The van der Waals surface area contributed by atoms with E-state index in [9.17, 15) is 26.4 Å². The number of hydrogen-bond donors (Lipinski definition) is 2. The van der Waals surface area contributed by atoms with Gasteiger partial charge in [-0.25, -0.2) is 18.4 Å². The summed E-state index contributed by atoms with van der Waals surface area (Å²) in [7, 11) is 1.58. The summed E-state index contributed by atoms with van der Waals surface area (Å²) in [6.45, 7) is 1.10. The second-order valence-corrected chi connectivity index (χ2v) is 11.6. The van der Waals surface area contributed by atoms with E-state index in [1.807, 2.05) is 14.1 Å². The lowest BCUT2D eigenvalue weighted by Crippen LogP contribution is -2.59. The first-order valence-corrected chi connectivity index (χ1v) is 14.0. The summed E-state index contributed by atoms with van der Waals surface area (Å²) in [6, 6.07) is 9.91. The smallest absolute Gasteiger partial charge is 0.365 e. The van der Waals surface area contributed by atoms with Crippen molar-refractivity contribution in [3.8, 4) is 0 Å². The predicted octanol–water partition coefficient (Wildman–Crippen LogP) is 3.03. The summed E-state index contributed by atoms with van der Waals surface area (Å²) in [4.78, 5) is 28.4. The molecule has 0 atom stereocenters. The Labute approximate surface area is 230 Å². The molecule has 0 bridgehead atoms. The fraction of sp³-hybridized carbons (Fsp3) is 0.360. The molecule has 0 aliphatic carbocycles. The molecule has 4 rings (SSSR count). The summed E-state index contributed by atoms with van der Waals surface area (Å²) < 4.78 is 66.0. The van der Waals surface area contributed by atoms with Gasteiger partial charge in [-0.2, -0.15) is 18.2 Å². The minimum Gasteiger partial charge on any atom is -0.365 e. The number of alkyl halides is 3. The molecule has 0 unspecified atom stereocenters. The van der Waals surface area contributed by atoms with Crippen molar-refractivity contribution in [2.75, 3.05) is 55.4 Å². The molecule has 3 heterocycles. The minimum atomic E-state index is -4.74. The first-order valence-electron chi connectivity index (χ1n) is 12.1. The number of amides is 1. The Hall–Kier alpha value is -3.98. The number of benzene rings is 1. The van der Waals surface area contributed by atoms with Gasteiger partial charge in [-0.1, -0.05) is 6.07 Å². The zero-order chi connectivity index (χ0) is 29.2. The van der Waals surface area contributed by atoms with Gasteiger partial charge in [0.25, 0.3) is 5.91 Å². The van der Waals surface area contributed by atoms with Crippen LogP contribution < -0.4 is 14.9 Å². The number of carbonyl (C=O) groups is 1. The molecule has 1 fully saturated rings. The monoisotopic (exact) mass is 578 g/mol. The number of carbonyl (C=O) groups excluding carboxylic acids is 1. The molecule has 0 radical (unpaired) electrons. The third-order valence-corrected chi connectivity index (χ3v) is 7.64. The fourth-order valence-electron chi connectivity index (χ4n) is 3.93. The molecular weight excluding hydrogens is 549 g/mol. The van der Waals surface area contributed by atoms with Gasteiger partial charge in [-0.05, 0) is 44.4 Å². The van der Waals surface area contributed by atoms with E-state index in [1.165, 1.54) is 13.2 Å². The third kappa shape index (κ3) is 6.59. The van der Waals surface area contributed by atoms with E-state index in [1.54, 1.807) is 41.3 Å². The van der Waals surface area contributed by atoms with Crippen LogP contribution in [0.15, 0.2) is 48.8 Å². The van der Waals surface area contributed by atoms with Gasteiger partial charge in [-0.3, -0.25) is 9.10 Å². The molecule has 11 nitrogen and oxygen atoms in total. The van der Waals surface area contributed by atoms with Crippen molar-refractivity contribution in [3.63, 3.8) is 0 Å². The lowest BCUT2D eigenvalue weighted by molar-refractivity contribution is -0.137. The number of sulfonamides is 1. The van der Waals surface area contributed by atoms with Gasteiger partial charge in [0.1, 0.15) is 17.2 Å². The van der Waals surface area contributed by atoms with E-state index in [4.69, 9.17) is 0 Å². The Balaban J connectivity index is 1.50. The number of likely N-dealkylation sites (tertiary alicyclic amines) is 1. The number of anilines is 4. The zero-order valence-electron chi connectivity index (χ0n) is 22.3. The average molecular weight is 579 g/mol. The molecule has 1 saturated heterocycles. The number of rotatable bonds is 9. The lowest BCUT2D eigenvalue weighted by atomic mass is 10.1. The number of nitrogens with one attached hydrogen (secondary N) is 2. The van der Waals surface area contributed by atoms with Gasteiger partial charge >= 0.3 is 6.18 Å². The maximum atomic E-state index is 13.7. The molecule has 1 aliphatic heterocycles. The predicted molar refractivity (Wildman–Crippen MR) is 145 cm³/mol. The fourth-order valence-corrected chi connectivity index (χ4v) is 4.41. The highest BCUT2D eigenvalue weighted by molar-refractivity contribution is 7.92. The summed E-state index contributed by atoms with van der Waals surface area (Å²) in [6.07, 6.45) is -1.70. The SMILES string of the molecule is CN(C)C1CN(C(=O)c2ccc(Nc3ncc(C(F)(F)F)c(NCc4cccnc4N(C)S(C)(=O)=O)n3)cc2)C1. The highest BCUT2D eigenvalue weighted by Gasteiger charge is 2.35. The van der Waals surface area contributed by atoms with Crippen LogP contribution >= 0.6 is 0 Å². The number of aromatic nitrogens is 3. The topological polar surface area (TPSA) is 124 Å². The Bertz CT molecular complexity index is 1480. The quantitative estimate of drug-likeness (QED) is 0.394. The highest BCUT2D eigenvalue weighted by Crippen LogP contribution is 2.34. The van der Waals surface area contributed by atoms with E-state index in [2.05, 4.69) is 30.5 Å². The van der Waals surface area contributed by atoms with Crippen LogP contribution in [0.3, 0.4) is 0 Å². The van der Waals surface area contributed by atoms with Crippen LogP contribution in [0, 0.1) is 0 Å². The van der Waals surface area contributed by atoms with E-state index in [0.29, 0.717) is 42.1 Å². The van der Waals surface area contributed by atoms with Gasteiger partial charge in [-0.15, -0.1) is 0 Å². The van der Waals surface area contributed by atoms with Crippen molar-refractivity contribution in [3.05, 3.63) is 65.5 Å². The summed E-state index contributed by atoms with van der Waals surface area (Å²) in [5.74, 6) is -0.630. The highest BCUT2D eigenvalue weighted by atomic mass is 32.2. The van der Waals surface area contributed by atoms with E-state index < -0.39 is 27.6 Å². The molecular formula is C25H29F3N8O3S. The Kier molecular flexibility index (Phi) is 8.16. The second kappa shape index (κ2) is 11.3. The first kappa shape index (κ1) is 29.0. The Morgan fingerprint density at radius 2 is 1.77 bits per heavy atom. The standard InChI is InChI=1S/C25H29F3N8O3S/c1-34(2)19-14-36(15-19)23(37)16-7-9-18(10-8-16)32-24-31-13-20(25(26,27)28)21(33-24)30-12-17-6-5-11-29-22(17)35(3)40(4,38)39/h5-11,13,19H,12,14-15H2,1-4H3,(H2,30,31,32,33). The average Bonchev–Trinajstić information content (AvgIpc) is 2.85. The van der Waals surface area contributed by atoms with Crippen molar-refractivity contribution in [2.24, 2.45) is 0 Å². The minimum absolute atomic E-state index is 0.0727. The largest absolute Gasteiger partial charge is 0.421 e. The summed E-state index contributed by atoms with van der Waals surface area (Å²) in [5.41, 5.74) is 0.216. The van der Waals surface area contributed by atoms with Crippen LogP contribution in [0.25, 0.3) is 0 Å². The van der Waals surface area contributed by atoms with Crippen LogP contribution in [0.4, 0.5) is 36.4 Å². The molecule has 3 aromatic rings. The zero-order valence-corrected chi connectivity index (χ0v) is 23.1. The van der Waals surface area contributed by atoms with Crippen molar-refractivity contribution in [1.29, 1.82) is 0 Å². The molecule has 1 aliphatic rings. The van der Waals surface area contributed by atoms with Gasteiger partial charge in [0, 0.05) is 61.9 Å². The van der Waals surface area contributed by atoms with Gasteiger partial charge < -0.3 is 20.4 Å². The van der Waals surface area contributed by atoms with E-state index >= 15 is 0 Å². The van der Waals surface area contributed by atoms with Crippen LogP contribution in [0.2, 0.25) is 0 Å². The molecule has 214 valence electrons. The maximum Gasteiger partial charge on any atom is 0.421 e. The molecule has 0 saturated carbocycles. The first-order chi connectivity index (χ1) is 18.7. The van der Waals surface area contributed by atoms with Crippen LogP contribution in [0.1, 0.15) is 21.5 Å². The molecule has 2 N–H and O–H groups in total. The Morgan fingerprint density at radius 3 is 2.38 bits per heavy atom. The van der Waals surface area contributed by atoms with E-state index in [-0.39, 0.29) is 24.2 Å². The van der Waals surface area contributed by atoms with Crippen molar-refractivity contribution >= 4 is 39.2 Å². The normalized spacial score (nSPS) is 14.2.